The molecule has 0 saturated heterocycles. The zero-order valence-corrected chi connectivity index (χ0v) is 14.1. The third-order valence-electron chi connectivity index (χ3n) is 4.17. The van der Waals surface area contributed by atoms with Crippen LogP contribution in [0.5, 0.6) is 5.75 Å². The summed E-state index contributed by atoms with van der Waals surface area (Å²) in [6, 6.07) is 14.7. The zero-order chi connectivity index (χ0) is 17.2. The summed E-state index contributed by atoms with van der Waals surface area (Å²) < 4.78 is 10.7. The van der Waals surface area contributed by atoms with E-state index in [1.165, 1.54) is 0 Å². The van der Waals surface area contributed by atoms with Gasteiger partial charge >= 0.3 is 0 Å². The van der Waals surface area contributed by atoms with Crippen molar-refractivity contribution in [3.8, 4) is 17.1 Å². The second-order valence-electron chi connectivity index (χ2n) is 5.76. The largest absolute Gasteiger partial charge is 0.484 e. The predicted octanol–water partition coefficient (Wildman–Crippen LogP) is 3.96. The molecular weight excluding hydrogens is 340 g/mol. The summed E-state index contributed by atoms with van der Waals surface area (Å²) >= 11 is 5.84. The molecule has 1 amide bonds. The molecule has 1 aliphatic rings. The number of carbonyl (C=O) groups is 1. The Balaban J connectivity index is 1.46. The molecule has 6 heteroatoms. The molecule has 0 radical (unpaired) electrons. The van der Waals surface area contributed by atoms with Crippen LogP contribution in [0.15, 0.2) is 59.3 Å². The number of amides is 1. The third kappa shape index (κ3) is 3.23. The molecule has 0 saturated carbocycles. The molecule has 0 atom stereocenters. The number of benzene rings is 2. The average molecular weight is 355 g/mol. The van der Waals surface area contributed by atoms with E-state index < -0.39 is 0 Å². The van der Waals surface area contributed by atoms with E-state index in [4.69, 9.17) is 20.9 Å². The minimum Gasteiger partial charge on any atom is -0.484 e. The Labute approximate surface area is 149 Å². The van der Waals surface area contributed by atoms with E-state index in [0.717, 1.165) is 29.0 Å². The van der Waals surface area contributed by atoms with Gasteiger partial charge in [0.2, 0.25) is 0 Å². The number of nitrogens with zero attached hydrogens (tertiary/aromatic N) is 2. The van der Waals surface area contributed by atoms with Gasteiger partial charge in [-0.1, -0.05) is 16.8 Å². The molecule has 0 aliphatic carbocycles. The number of hydrogen-bond acceptors (Lipinski definition) is 4. The molecule has 0 unspecified atom stereocenters. The molecule has 0 bridgehead atoms. The van der Waals surface area contributed by atoms with Crippen LogP contribution in [-0.2, 0) is 11.2 Å². The van der Waals surface area contributed by atoms with E-state index in [1.54, 1.807) is 35.4 Å². The molecule has 1 aliphatic heterocycles. The van der Waals surface area contributed by atoms with Gasteiger partial charge in [-0.25, -0.2) is 0 Å². The first kappa shape index (κ1) is 15.7. The molecule has 0 spiro atoms. The molecule has 2 aromatic carbocycles. The van der Waals surface area contributed by atoms with Crippen molar-refractivity contribution in [2.45, 2.75) is 6.42 Å². The Bertz CT molecular complexity index is 892. The first-order valence-electron chi connectivity index (χ1n) is 7.93. The van der Waals surface area contributed by atoms with Gasteiger partial charge in [0, 0.05) is 28.9 Å². The average Bonchev–Trinajstić information content (AvgIpc) is 3.30. The summed E-state index contributed by atoms with van der Waals surface area (Å²) in [7, 11) is 0. The van der Waals surface area contributed by atoms with Crippen LogP contribution in [0, 0.1) is 0 Å². The summed E-state index contributed by atoms with van der Waals surface area (Å²) in [5, 5.41) is 4.36. The van der Waals surface area contributed by atoms with Crippen LogP contribution in [0.3, 0.4) is 0 Å². The van der Waals surface area contributed by atoms with Crippen molar-refractivity contribution in [2.24, 2.45) is 0 Å². The van der Waals surface area contributed by atoms with Crippen LogP contribution in [-0.4, -0.2) is 24.2 Å². The Hall–Kier alpha value is -2.79. The van der Waals surface area contributed by atoms with E-state index in [1.807, 2.05) is 24.3 Å². The second-order valence-corrected chi connectivity index (χ2v) is 6.19. The third-order valence-corrected chi connectivity index (χ3v) is 4.43. The number of hydrogen-bond donors (Lipinski definition) is 0. The minimum absolute atomic E-state index is 0.00900. The van der Waals surface area contributed by atoms with Crippen LogP contribution >= 0.6 is 11.6 Å². The van der Waals surface area contributed by atoms with Gasteiger partial charge in [-0.05, 0) is 54.4 Å². The molecule has 0 fully saturated rings. The van der Waals surface area contributed by atoms with Crippen molar-refractivity contribution in [3.05, 3.63) is 65.3 Å². The van der Waals surface area contributed by atoms with Gasteiger partial charge in [0.05, 0.1) is 6.20 Å². The zero-order valence-electron chi connectivity index (χ0n) is 13.3. The van der Waals surface area contributed by atoms with Gasteiger partial charge < -0.3 is 14.2 Å². The molecule has 25 heavy (non-hydrogen) atoms. The number of aromatic nitrogens is 1. The topological polar surface area (TPSA) is 55.6 Å². The summed E-state index contributed by atoms with van der Waals surface area (Å²) in [6.07, 6.45) is 2.43. The fourth-order valence-electron chi connectivity index (χ4n) is 2.93. The highest BCUT2D eigenvalue weighted by atomic mass is 35.5. The number of anilines is 1. The molecular formula is C19H15ClN2O3. The highest BCUT2D eigenvalue weighted by Gasteiger charge is 2.25. The Morgan fingerprint density at radius 3 is 2.80 bits per heavy atom. The van der Waals surface area contributed by atoms with Crippen molar-refractivity contribution in [3.63, 3.8) is 0 Å². The van der Waals surface area contributed by atoms with Crippen molar-refractivity contribution >= 4 is 23.2 Å². The monoisotopic (exact) mass is 354 g/mol. The summed E-state index contributed by atoms with van der Waals surface area (Å²) in [5.41, 5.74) is 3.00. The van der Waals surface area contributed by atoms with Gasteiger partial charge in [0.1, 0.15) is 5.75 Å². The maximum Gasteiger partial charge on any atom is 0.264 e. The lowest BCUT2D eigenvalue weighted by molar-refractivity contribution is -0.120. The van der Waals surface area contributed by atoms with Gasteiger partial charge in [0.25, 0.3) is 5.91 Å². The van der Waals surface area contributed by atoms with Crippen LogP contribution in [0.25, 0.3) is 11.3 Å². The second kappa shape index (κ2) is 6.61. The summed E-state index contributed by atoms with van der Waals surface area (Å²) in [6.45, 7) is 0.642. The molecule has 3 aromatic rings. The quantitative estimate of drug-likeness (QED) is 0.711. The fourth-order valence-corrected chi connectivity index (χ4v) is 3.06. The molecule has 2 heterocycles. The van der Waals surface area contributed by atoms with Crippen LogP contribution in [0.2, 0.25) is 5.02 Å². The van der Waals surface area contributed by atoms with E-state index in [-0.39, 0.29) is 12.5 Å². The lowest BCUT2D eigenvalue weighted by Gasteiger charge is -2.17. The normalized spacial score (nSPS) is 12.9. The minimum atomic E-state index is -0.0684. The van der Waals surface area contributed by atoms with Gasteiger partial charge in [-0.3, -0.25) is 4.79 Å². The molecule has 5 nitrogen and oxygen atoms in total. The van der Waals surface area contributed by atoms with E-state index in [2.05, 4.69) is 5.16 Å². The Morgan fingerprint density at radius 2 is 2.04 bits per heavy atom. The van der Waals surface area contributed by atoms with Gasteiger partial charge in [0.15, 0.2) is 12.4 Å². The van der Waals surface area contributed by atoms with Crippen molar-refractivity contribution in [1.82, 2.24) is 5.16 Å². The number of fused-ring (bicyclic) bond motifs is 1. The number of halogens is 1. The number of carbonyl (C=O) groups excluding carboxylic acids is 1. The summed E-state index contributed by atoms with van der Waals surface area (Å²) in [4.78, 5) is 14.3. The van der Waals surface area contributed by atoms with Crippen LogP contribution < -0.4 is 9.64 Å². The maximum atomic E-state index is 12.5. The smallest absolute Gasteiger partial charge is 0.264 e. The SMILES string of the molecule is O=C(COc1ccc(Cl)cc1)N1CCc2cc(-c3ccno3)ccc21. The fraction of sp³-hybridized carbons (Fsp3) is 0.158. The first-order chi connectivity index (χ1) is 12.2. The molecule has 0 N–H and O–H groups in total. The van der Waals surface area contributed by atoms with E-state index in [0.29, 0.717) is 17.3 Å². The number of rotatable bonds is 4. The van der Waals surface area contributed by atoms with Gasteiger partial charge in [-0.2, -0.15) is 0 Å². The lowest BCUT2D eigenvalue weighted by atomic mass is 10.1. The standard InChI is InChI=1S/C19H15ClN2O3/c20-15-2-4-16(5-3-15)24-12-19(23)22-10-8-13-11-14(1-6-17(13)22)18-7-9-21-25-18/h1-7,9,11H,8,10,12H2. The van der Waals surface area contributed by atoms with Gasteiger partial charge in [-0.15, -0.1) is 0 Å². The van der Waals surface area contributed by atoms with Crippen molar-refractivity contribution in [2.75, 3.05) is 18.1 Å². The maximum absolute atomic E-state index is 12.5. The molecule has 4 rings (SSSR count). The van der Waals surface area contributed by atoms with Crippen molar-refractivity contribution < 1.29 is 14.1 Å². The highest BCUT2D eigenvalue weighted by Crippen LogP contribution is 2.32. The lowest BCUT2D eigenvalue weighted by Crippen LogP contribution is -2.33. The summed E-state index contributed by atoms with van der Waals surface area (Å²) in [5.74, 6) is 1.28. The number of ether oxygens (including phenoxy) is 1. The van der Waals surface area contributed by atoms with Crippen LogP contribution in [0.4, 0.5) is 5.69 Å². The Morgan fingerprint density at radius 1 is 1.20 bits per heavy atom. The predicted molar refractivity (Wildman–Crippen MR) is 94.9 cm³/mol. The highest BCUT2D eigenvalue weighted by molar-refractivity contribution is 6.30. The Kier molecular flexibility index (Phi) is 4.15. The first-order valence-corrected chi connectivity index (χ1v) is 8.31. The van der Waals surface area contributed by atoms with Crippen LogP contribution in [0.1, 0.15) is 5.56 Å². The molecule has 1 aromatic heterocycles. The van der Waals surface area contributed by atoms with Crippen molar-refractivity contribution in [1.29, 1.82) is 0 Å². The molecule has 126 valence electrons. The van der Waals surface area contributed by atoms with E-state index in [9.17, 15) is 4.79 Å². The van der Waals surface area contributed by atoms with E-state index >= 15 is 0 Å².